The number of nitrogens with one attached hydrogen (secondary N) is 1. The summed E-state index contributed by atoms with van der Waals surface area (Å²) in [5, 5.41) is 4.66. The SMILES string of the molecule is O=C(NCC1CCCCC1)c1sccc1S(=O)(=O)N1CCCCC1. The van der Waals surface area contributed by atoms with Crippen LogP contribution in [0.2, 0.25) is 0 Å². The van der Waals surface area contributed by atoms with Crippen molar-refractivity contribution in [3.05, 3.63) is 16.3 Å². The number of nitrogens with zero attached hydrogens (tertiary/aromatic N) is 1. The first kappa shape index (κ1) is 17.9. The monoisotopic (exact) mass is 370 g/mol. The van der Waals surface area contributed by atoms with Crippen LogP contribution in [0.5, 0.6) is 0 Å². The van der Waals surface area contributed by atoms with Crippen LogP contribution >= 0.6 is 11.3 Å². The van der Waals surface area contributed by atoms with Crippen LogP contribution in [0.1, 0.15) is 61.0 Å². The number of carbonyl (C=O) groups excluding carboxylic acids is 1. The number of thiophene rings is 1. The van der Waals surface area contributed by atoms with Crippen LogP contribution in [0, 0.1) is 5.92 Å². The molecule has 1 aromatic heterocycles. The van der Waals surface area contributed by atoms with Crippen molar-refractivity contribution in [1.82, 2.24) is 9.62 Å². The van der Waals surface area contributed by atoms with E-state index in [1.807, 2.05) is 0 Å². The summed E-state index contributed by atoms with van der Waals surface area (Å²) in [5.41, 5.74) is 0. The van der Waals surface area contributed by atoms with Crippen LogP contribution in [0.3, 0.4) is 0 Å². The van der Waals surface area contributed by atoms with E-state index in [1.54, 1.807) is 11.4 Å². The molecule has 134 valence electrons. The molecule has 1 aliphatic heterocycles. The van der Waals surface area contributed by atoms with Gasteiger partial charge in [-0.15, -0.1) is 11.3 Å². The van der Waals surface area contributed by atoms with E-state index in [0.717, 1.165) is 32.1 Å². The second-order valence-electron chi connectivity index (χ2n) is 6.79. The van der Waals surface area contributed by atoms with Crippen LogP contribution in [0.15, 0.2) is 16.3 Å². The largest absolute Gasteiger partial charge is 0.351 e. The fraction of sp³-hybridized carbons (Fsp3) is 0.706. The van der Waals surface area contributed by atoms with Gasteiger partial charge in [0.1, 0.15) is 9.77 Å². The van der Waals surface area contributed by atoms with Crippen LogP contribution < -0.4 is 5.32 Å². The molecule has 1 amide bonds. The zero-order valence-electron chi connectivity index (χ0n) is 14.0. The molecule has 5 nitrogen and oxygen atoms in total. The molecular formula is C17H26N2O3S2. The second-order valence-corrected chi connectivity index (χ2v) is 9.62. The van der Waals surface area contributed by atoms with Gasteiger partial charge in [0, 0.05) is 19.6 Å². The van der Waals surface area contributed by atoms with Gasteiger partial charge in [-0.2, -0.15) is 4.31 Å². The molecule has 0 atom stereocenters. The zero-order valence-corrected chi connectivity index (χ0v) is 15.6. The number of hydrogen-bond donors (Lipinski definition) is 1. The van der Waals surface area contributed by atoms with Crippen molar-refractivity contribution in [2.45, 2.75) is 56.3 Å². The Morgan fingerprint density at radius 1 is 1.12 bits per heavy atom. The predicted octanol–water partition coefficient (Wildman–Crippen LogP) is 3.23. The fourth-order valence-electron chi connectivity index (χ4n) is 3.62. The van der Waals surface area contributed by atoms with Crippen molar-refractivity contribution in [2.24, 2.45) is 5.92 Å². The van der Waals surface area contributed by atoms with Crippen molar-refractivity contribution < 1.29 is 13.2 Å². The van der Waals surface area contributed by atoms with E-state index in [1.165, 1.54) is 34.9 Å². The lowest BCUT2D eigenvalue weighted by molar-refractivity contribution is 0.0944. The lowest BCUT2D eigenvalue weighted by Crippen LogP contribution is -2.37. The molecule has 7 heteroatoms. The number of carbonyl (C=O) groups is 1. The smallest absolute Gasteiger partial charge is 0.262 e. The Morgan fingerprint density at radius 2 is 1.79 bits per heavy atom. The maximum atomic E-state index is 12.8. The van der Waals surface area contributed by atoms with Crippen molar-refractivity contribution in [2.75, 3.05) is 19.6 Å². The third kappa shape index (κ3) is 4.00. The quantitative estimate of drug-likeness (QED) is 0.865. The van der Waals surface area contributed by atoms with Crippen LogP contribution in [0.25, 0.3) is 0 Å². The maximum Gasteiger partial charge on any atom is 0.262 e. The summed E-state index contributed by atoms with van der Waals surface area (Å²) in [4.78, 5) is 13.0. The molecule has 0 radical (unpaired) electrons. The summed E-state index contributed by atoms with van der Waals surface area (Å²) >= 11 is 1.22. The molecule has 24 heavy (non-hydrogen) atoms. The van der Waals surface area contributed by atoms with Gasteiger partial charge >= 0.3 is 0 Å². The van der Waals surface area contributed by atoms with Crippen molar-refractivity contribution in [3.63, 3.8) is 0 Å². The lowest BCUT2D eigenvalue weighted by Gasteiger charge is -2.26. The highest BCUT2D eigenvalue weighted by Gasteiger charge is 2.31. The minimum Gasteiger partial charge on any atom is -0.351 e. The van der Waals surface area contributed by atoms with Gasteiger partial charge in [-0.05, 0) is 43.0 Å². The third-order valence-corrected chi connectivity index (χ3v) is 8.03. The number of amides is 1. The molecule has 1 aromatic rings. The van der Waals surface area contributed by atoms with E-state index in [0.29, 0.717) is 30.4 Å². The summed E-state index contributed by atoms with van der Waals surface area (Å²) in [6, 6.07) is 1.57. The van der Waals surface area contributed by atoms with Gasteiger partial charge in [-0.1, -0.05) is 25.7 Å². The topological polar surface area (TPSA) is 66.5 Å². The Labute approximate surface area is 148 Å². The highest BCUT2D eigenvalue weighted by atomic mass is 32.2. The van der Waals surface area contributed by atoms with E-state index in [9.17, 15) is 13.2 Å². The average molecular weight is 371 g/mol. The van der Waals surface area contributed by atoms with Crippen molar-refractivity contribution in [1.29, 1.82) is 0 Å². The Hall–Kier alpha value is -0.920. The number of piperidine rings is 1. The molecule has 2 fully saturated rings. The van der Waals surface area contributed by atoms with Crippen molar-refractivity contribution >= 4 is 27.3 Å². The third-order valence-electron chi connectivity index (χ3n) is 5.04. The molecule has 1 aliphatic carbocycles. The number of hydrogen-bond acceptors (Lipinski definition) is 4. The van der Waals surface area contributed by atoms with Crippen LogP contribution in [0.4, 0.5) is 0 Å². The van der Waals surface area contributed by atoms with E-state index >= 15 is 0 Å². The summed E-state index contributed by atoms with van der Waals surface area (Å²) in [5.74, 6) is 0.288. The lowest BCUT2D eigenvalue weighted by atomic mass is 9.89. The Morgan fingerprint density at radius 3 is 2.50 bits per heavy atom. The van der Waals surface area contributed by atoms with Gasteiger partial charge in [0.15, 0.2) is 0 Å². The van der Waals surface area contributed by atoms with Crippen molar-refractivity contribution in [3.8, 4) is 0 Å². The summed E-state index contributed by atoms with van der Waals surface area (Å²) in [6.45, 7) is 1.77. The van der Waals surface area contributed by atoms with E-state index in [2.05, 4.69) is 5.32 Å². The molecule has 0 unspecified atom stereocenters. The van der Waals surface area contributed by atoms with E-state index in [4.69, 9.17) is 0 Å². The second kappa shape index (κ2) is 7.97. The number of sulfonamides is 1. The minimum atomic E-state index is -3.55. The van der Waals surface area contributed by atoms with Gasteiger partial charge in [0.25, 0.3) is 5.91 Å². The summed E-state index contributed by atoms with van der Waals surface area (Å²) in [7, 11) is -3.55. The van der Waals surface area contributed by atoms with Crippen LogP contribution in [-0.2, 0) is 10.0 Å². The first-order chi connectivity index (χ1) is 11.6. The average Bonchev–Trinajstić information content (AvgIpc) is 3.12. The van der Waals surface area contributed by atoms with Gasteiger partial charge < -0.3 is 5.32 Å². The Balaban J connectivity index is 1.68. The molecule has 0 bridgehead atoms. The van der Waals surface area contributed by atoms with Crippen LogP contribution in [-0.4, -0.2) is 38.3 Å². The van der Waals surface area contributed by atoms with Gasteiger partial charge in [0.05, 0.1) is 0 Å². The Kier molecular flexibility index (Phi) is 5.94. The molecular weight excluding hydrogens is 344 g/mol. The molecule has 1 saturated carbocycles. The van der Waals surface area contributed by atoms with E-state index in [-0.39, 0.29) is 10.8 Å². The van der Waals surface area contributed by atoms with Gasteiger partial charge in [-0.25, -0.2) is 8.42 Å². The first-order valence-electron chi connectivity index (χ1n) is 8.95. The molecule has 1 N–H and O–H groups in total. The standard InChI is InChI=1S/C17H26N2O3S2/c20-17(18-13-14-7-3-1-4-8-14)16-15(9-12-23-16)24(21,22)19-10-5-2-6-11-19/h9,12,14H,1-8,10-11,13H2,(H,18,20). The highest BCUT2D eigenvalue weighted by Crippen LogP contribution is 2.28. The minimum absolute atomic E-state index is 0.176. The molecule has 1 saturated heterocycles. The normalized spacial score (nSPS) is 20.8. The summed E-state index contributed by atoms with van der Waals surface area (Å²) in [6.07, 6.45) is 8.92. The summed E-state index contributed by atoms with van der Waals surface area (Å²) < 4.78 is 27.2. The van der Waals surface area contributed by atoms with E-state index < -0.39 is 10.0 Å². The Bertz CT molecular complexity index is 657. The fourth-order valence-corrected chi connectivity index (χ4v) is 6.45. The maximum absolute atomic E-state index is 12.8. The molecule has 2 aliphatic rings. The van der Waals surface area contributed by atoms with Gasteiger partial charge in [-0.3, -0.25) is 4.79 Å². The first-order valence-corrected chi connectivity index (χ1v) is 11.3. The van der Waals surface area contributed by atoms with Gasteiger partial charge in [0.2, 0.25) is 10.0 Å². The molecule has 3 rings (SSSR count). The predicted molar refractivity (Wildman–Crippen MR) is 95.8 cm³/mol. The zero-order chi connectivity index (χ0) is 17.0. The highest BCUT2D eigenvalue weighted by molar-refractivity contribution is 7.89. The molecule has 0 aromatic carbocycles. The molecule has 2 heterocycles. The molecule has 0 spiro atoms. The number of rotatable bonds is 5.